The van der Waals surface area contributed by atoms with Crippen molar-refractivity contribution >= 4 is 32.9 Å². The van der Waals surface area contributed by atoms with E-state index in [9.17, 15) is 23.1 Å². The number of amides is 1. The Kier molecular flexibility index (Phi) is 11.7. The number of aryl methyl sites for hydroxylation is 2. The Morgan fingerprint density at radius 3 is 2.57 bits per heavy atom. The lowest BCUT2D eigenvalue weighted by atomic mass is 9.86. The molecule has 6 rings (SSSR count). The van der Waals surface area contributed by atoms with Gasteiger partial charge in [0.05, 0.1) is 26.0 Å². The van der Waals surface area contributed by atoms with E-state index in [0.29, 0.717) is 47.7 Å². The Balaban J connectivity index is 1.18. The van der Waals surface area contributed by atoms with Crippen molar-refractivity contribution in [3.8, 4) is 11.5 Å². The maximum absolute atomic E-state index is 13.8. The van der Waals surface area contributed by atoms with E-state index in [1.165, 1.54) is 4.31 Å². The Hall–Kier alpha value is -5.27. The van der Waals surface area contributed by atoms with Gasteiger partial charge in [-0.05, 0) is 85.2 Å². The average Bonchev–Trinajstić information content (AvgIpc) is 3.47. The second kappa shape index (κ2) is 16.6. The number of carboxylic acid groups (broad SMARTS) is 1. The number of unbranched alkanes of at least 4 members (excludes halogenated alkanes) is 2. The van der Waals surface area contributed by atoms with Crippen LogP contribution in [0.4, 0.5) is 0 Å². The first-order valence-corrected chi connectivity index (χ1v) is 19.3. The zero-order valence-electron chi connectivity index (χ0n) is 30.2. The van der Waals surface area contributed by atoms with Crippen LogP contribution in [0.25, 0.3) is 11.0 Å². The van der Waals surface area contributed by atoms with Gasteiger partial charge < -0.3 is 19.9 Å². The SMILES string of the molecule is Cc1ccc([C@H](CC(=O)O)c2cc(OCCCCCNC(=O)Cc3ccccc3)c3c(c2)nnn3C)cc1CN1C[C@@H](C)Oc2ccccc2S1(=O)=O. The maximum atomic E-state index is 13.8. The number of aromatic nitrogens is 3. The number of benzene rings is 4. The molecule has 278 valence electrons. The minimum Gasteiger partial charge on any atom is -0.491 e. The summed E-state index contributed by atoms with van der Waals surface area (Å²) in [7, 11) is -2.09. The molecule has 0 unspecified atom stereocenters. The molecule has 1 aliphatic heterocycles. The van der Waals surface area contributed by atoms with E-state index in [1.54, 1.807) is 36.0 Å². The van der Waals surface area contributed by atoms with Crippen LogP contribution < -0.4 is 14.8 Å². The monoisotopic (exact) mass is 739 g/mol. The van der Waals surface area contributed by atoms with E-state index in [2.05, 4.69) is 15.6 Å². The molecule has 1 aromatic heterocycles. The second-order valence-corrected chi connectivity index (χ2v) is 15.4. The van der Waals surface area contributed by atoms with Crippen LogP contribution in [0.2, 0.25) is 0 Å². The first-order valence-electron chi connectivity index (χ1n) is 17.8. The van der Waals surface area contributed by atoms with Crippen LogP contribution in [-0.2, 0) is 39.6 Å². The molecule has 0 bridgehead atoms. The Morgan fingerprint density at radius 1 is 1.00 bits per heavy atom. The van der Waals surface area contributed by atoms with Gasteiger partial charge in [-0.25, -0.2) is 13.1 Å². The molecule has 0 saturated carbocycles. The van der Waals surface area contributed by atoms with Crippen LogP contribution in [0.3, 0.4) is 0 Å². The number of rotatable bonds is 15. The van der Waals surface area contributed by atoms with Crippen LogP contribution in [-0.4, -0.2) is 70.5 Å². The predicted octanol–water partition coefficient (Wildman–Crippen LogP) is 5.76. The number of carbonyl (C=O) groups is 2. The van der Waals surface area contributed by atoms with Gasteiger partial charge in [0, 0.05) is 26.1 Å². The van der Waals surface area contributed by atoms with Crippen LogP contribution in [0, 0.1) is 6.92 Å². The van der Waals surface area contributed by atoms with Gasteiger partial charge in [0.2, 0.25) is 15.9 Å². The number of hydrogen-bond donors (Lipinski definition) is 2. The summed E-state index contributed by atoms with van der Waals surface area (Å²) < 4.78 is 42.9. The number of ether oxygens (including phenoxy) is 2. The van der Waals surface area contributed by atoms with E-state index in [1.807, 2.05) is 74.5 Å². The number of fused-ring (bicyclic) bond motifs is 2. The Morgan fingerprint density at radius 2 is 1.77 bits per heavy atom. The largest absolute Gasteiger partial charge is 0.491 e. The Bertz CT molecular complexity index is 2190. The number of carbonyl (C=O) groups excluding carboxylic acids is 1. The lowest BCUT2D eigenvalue weighted by Crippen LogP contribution is -2.35. The summed E-state index contributed by atoms with van der Waals surface area (Å²) in [6.07, 6.45) is 2.17. The summed E-state index contributed by atoms with van der Waals surface area (Å²) in [6.45, 7) is 5.00. The number of sulfonamides is 1. The van der Waals surface area contributed by atoms with E-state index in [4.69, 9.17) is 9.47 Å². The van der Waals surface area contributed by atoms with Crippen LogP contribution in [0.5, 0.6) is 11.5 Å². The third-order valence-corrected chi connectivity index (χ3v) is 11.3. The predicted molar refractivity (Wildman–Crippen MR) is 200 cm³/mol. The number of para-hydroxylation sites is 1. The summed E-state index contributed by atoms with van der Waals surface area (Å²) >= 11 is 0. The minimum absolute atomic E-state index is 0.00562. The van der Waals surface area contributed by atoms with Gasteiger partial charge in [-0.15, -0.1) is 5.10 Å². The topological polar surface area (TPSA) is 153 Å². The summed E-state index contributed by atoms with van der Waals surface area (Å²) in [4.78, 5) is 24.7. The van der Waals surface area contributed by atoms with E-state index >= 15 is 0 Å². The second-order valence-electron chi connectivity index (χ2n) is 13.5. The molecule has 5 aromatic rings. The van der Waals surface area contributed by atoms with Crippen LogP contribution in [0.1, 0.15) is 66.3 Å². The molecular formula is C40H45N5O7S. The van der Waals surface area contributed by atoms with Gasteiger partial charge in [0.15, 0.2) is 0 Å². The molecular weight excluding hydrogens is 695 g/mol. The molecule has 0 saturated heterocycles. The van der Waals surface area contributed by atoms with E-state index in [-0.39, 0.29) is 36.4 Å². The van der Waals surface area contributed by atoms with Crippen molar-refractivity contribution in [2.75, 3.05) is 19.7 Å². The van der Waals surface area contributed by atoms with Gasteiger partial charge >= 0.3 is 5.97 Å². The molecule has 2 atom stereocenters. The number of hydrogen-bond acceptors (Lipinski definition) is 8. The summed E-state index contributed by atoms with van der Waals surface area (Å²) in [5, 5.41) is 21.6. The van der Waals surface area contributed by atoms with E-state index in [0.717, 1.165) is 41.5 Å². The molecule has 0 radical (unpaired) electrons. The fraction of sp³-hybridized carbons (Fsp3) is 0.350. The lowest BCUT2D eigenvalue weighted by Gasteiger charge is -2.24. The van der Waals surface area contributed by atoms with Gasteiger partial charge in [0.25, 0.3) is 0 Å². The number of nitrogens with one attached hydrogen (secondary N) is 1. The Labute approximate surface area is 309 Å². The summed E-state index contributed by atoms with van der Waals surface area (Å²) in [5.74, 6) is -0.688. The molecule has 13 heteroatoms. The smallest absolute Gasteiger partial charge is 0.304 e. The highest BCUT2D eigenvalue weighted by Gasteiger charge is 2.34. The highest BCUT2D eigenvalue weighted by molar-refractivity contribution is 7.89. The first kappa shape index (κ1) is 37.5. The normalized spacial score (nSPS) is 15.9. The zero-order chi connectivity index (χ0) is 37.5. The lowest BCUT2D eigenvalue weighted by molar-refractivity contribution is -0.137. The third kappa shape index (κ3) is 9.03. The molecule has 0 aliphatic carbocycles. The van der Waals surface area contributed by atoms with E-state index < -0.39 is 21.9 Å². The molecule has 53 heavy (non-hydrogen) atoms. The fourth-order valence-electron chi connectivity index (χ4n) is 6.70. The fourth-order valence-corrected chi connectivity index (χ4v) is 8.32. The average molecular weight is 740 g/mol. The molecule has 1 amide bonds. The number of nitrogens with zero attached hydrogens (tertiary/aromatic N) is 4. The molecule has 4 aromatic carbocycles. The first-order chi connectivity index (χ1) is 25.5. The highest BCUT2D eigenvalue weighted by atomic mass is 32.2. The minimum atomic E-state index is -3.87. The zero-order valence-corrected chi connectivity index (χ0v) is 31.0. The van der Waals surface area contributed by atoms with Crippen molar-refractivity contribution in [3.05, 3.63) is 113 Å². The van der Waals surface area contributed by atoms with Gasteiger partial charge in [-0.3, -0.25) is 9.59 Å². The van der Waals surface area contributed by atoms with Crippen molar-refractivity contribution < 1.29 is 32.6 Å². The van der Waals surface area contributed by atoms with Crippen molar-refractivity contribution in [1.29, 1.82) is 0 Å². The van der Waals surface area contributed by atoms with Crippen molar-refractivity contribution in [2.24, 2.45) is 7.05 Å². The molecule has 0 spiro atoms. The molecule has 12 nitrogen and oxygen atoms in total. The van der Waals surface area contributed by atoms with Gasteiger partial charge in [0.1, 0.15) is 33.5 Å². The highest BCUT2D eigenvalue weighted by Crippen LogP contribution is 2.37. The quantitative estimate of drug-likeness (QED) is 0.128. The summed E-state index contributed by atoms with van der Waals surface area (Å²) in [6, 6.07) is 25.7. The number of aliphatic carboxylic acids is 1. The third-order valence-electron chi connectivity index (χ3n) is 9.45. The molecule has 1 aliphatic rings. The van der Waals surface area contributed by atoms with Crippen LogP contribution in [0.15, 0.2) is 89.8 Å². The molecule has 2 heterocycles. The van der Waals surface area contributed by atoms with Gasteiger partial charge in [-0.2, -0.15) is 4.31 Å². The molecule has 0 fully saturated rings. The maximum Gasteiger partial charge on any atom is 0.304 e. The van der Waals surface area contributed by atoms with Gasteiger partial charge in [-0.1, -0.05) is 65.9 Å². The summed E-state index contributed by atoms with van der Waals surface area (Å²) in [5.41, 5.74) is 5.33. The van der Waals surface area contributed by atoms with Crippen LogP contribution >= 0.6 is 0 Å². The molecule has 2 N–H and O–H groups in total. The van der Waals surface area contributed by atoms with Crippen molar-refractivity contribution in [2.45, 2.75) is 69.4 Å². The van der Waals surface area contributed by atoms with Crippen molar-refractivity contribution in [1.82, 2.24) is 24.6 Å². The van der Waals surface area contributed by atoms with Crippen molar-refractivity contribution in [3.63, 3.8) is 0 Å². The number of carboxylic acids is 1. The standard InChI is InChI=1S/C40H45N5O7S/c1-27-16-17-30(21-32(27)26-45-25-28(2)52-35-14-8-9-15-37(35)53(45,49)50)33(24-39(47)48)31-22-34-40(44(3)43-42-34)36(23-31)51-19-11-5-10-18-41-38(46)20-29-12-6-4-7-13-29/h4,6-9,12-17,21-23,28,33H,5,10-11,18-20,24-26H2,1-3H3,(H,41,46)(H,47,48)/t28-,33+/m1/s1.